The highest BCUT2D eigenvalue weighted by atomic mass is 16.5. The molecule has 0 aromatic rings. The van der Waals surface area contributed by atoms with Crippen LogP contribution in [-0.4, -0.2) is 43.6 Å². The molecule has 0 amide bonds. The molecule has 5 heteroatoms. The minimum Gasteiger partial charge on any atom is -0.469 e. The number of carbonyl (C=O) groups is 2. The van der Waals surface area contributed by atoms with Gasteiger partial charge in [0, 0.05) is 18.3 Å². The van der Waals surface area contributed by atoms with Crippen LogP contribution in [0.15, 0.2) is 11.3 Å². The molecular formula is C17H25NO4. The minimum absolute atomic E-state index is 0.0714. The Morgan fingerprint density at radius 1 is 1.14 bits per heavy atom. The van der Waals surface area contributed by atoms with Crippen LogP contribution in [0, 0.1) is 5.41 Å². The van der Waals surface area contributed by atoms with Gasteiger partial charge in [-0.1, -0.05) is 6.42 Å². The van der Waals surface area contributed by atoms with Gasteiger partial charge >= 0.3 is 11.9 Å². The summed E-state index contributed by atoms with van der Waals surface area (Å²) < 4.78 is 10.1. The van der Waals surface area contributed by atoms with E-state index in [-0.39, 0.29) is 24.4 Å². The molecule has 1 fully saturated rings. The van der Waals surface area contributed by atoms with Crippen LogP contribution in [0.2, 0.25) is 0 Å². The molecular weight excluding hydrogens is 282 g/mol. The second kappa shape index (κ2) is 5.94. The molecule has 3 rings (SSSR count). The van der Waals surface area contributed by atoms with Crippen molar-refractivity contribution in [2.45, 2.75) is 57.4 Å². The fourth-order valence-corrected chi connectivity index (χ4v) is 4.70. The number of allylic oxidation sites excluding steroid dienone is 1. The lowest BCUT2D eigenvalue weighted by molar-refractivity contribution is -0.159. The largest absolute Gasteiger partial charge is 0.469 e. The summed E-state index contributed by atoms with van der Waals surface area (Å²) in [5, 5.41) is 0. The second-order valence-corrected chi connectivity index (χ2v) is 6.55. The van der Waals surface area contributed by atoms with E-state index >= 15 is 0 Å². The van der Waals surface area contributed by atoms with Crippen molar-refractivity contribution in [2.24, 2.45) is 5.41 Å². The van der Waals surface area contributed by atoms with E-state index in [1.54, 1.807) is 0 Å². The van der Waals surface area contributed by atoms with E-state index in [1.807, 2.05) is 0 Å². The Morgan fingerprint density at radius 2 is 1.91 bits per heavy atom. The average Bonchev–Trinajstić information content (AvgIpc) is 3.00. The van der Waals surface area contributed by atoms with Crippen molar-refractivity contribution in [2.75, 3.05) is 20.8 Å². The van der Waals surface area contributed by atoms with Gasteiger partial charge in [-0.3, -0.25) is 9.59 Å². The van der Waals surface area contributed by atoms with Crippen LogP contribution in [0.25, 0.3) is 0 Å². The summed E-state index contributed by atoms with van der Waals surface area (Å²) in [7, 11) is 2.81. The van der Waals surface area contributed by atoms with Gasteiger partial charge < -0.3 is 14.4 Å². The monoisotopic (exact) mass is 307 g/mol. The summed E-state index contributed by atoms with van der Waals surface area (Å²) in [6.07, 6.45) is 7.47. The molecule has 3 aliphatic rings. The first-order chi connectivity index (χ1) is 10.6. The standard InChI is InChI=1S/C17H25NO4/c1-21-15(19)11-17(16(20)22-2)12-7-4-3-5-8-13(12)18-10-6-9-14(17)18/h14H,3-11H2,1-2H3. The molecule has 22 heavy (non-hydrogen) atoms. The van der Waals surface area contributed by atoms with Gasteiger partial charge in [-0.15, -0.1) is 0 Å². The molecule has 2 atom stereocenters. The van der Waals surface area contributed by atoms with Crippen molar-refractivity contribution in [3.8, 4) is 0 Å². The van der Waals surface area contributed by atoms with Crippen LogP contribution in [-0.2, 0) is 19.1 Å². The number of nitrogens with zero attached hydrogens (tertiary/aromatic N) is 1. The van der Waals surface area contributed by atoms with Crippen LogP contribution >= 0.6 is 0 Å². The molecule has 2 heterocycles. The summed E-state index contributed by atoms with van der Waals surface area (Å²) >= 11 is 0. The molecule has 1 aliphatic carbocycles. The zero-order valence-corrected chi connectivity index (χ0v) is 13.5. The van der Waals surface area contributed by atoms with Crippen molar-refractivity contribution < 1.29 is 19.1 Å². The van der Waals surface area contributed by atoms with Crippen LogP contribution in [0.5, 0.6) is 0 Å². The van der Waals surface area contributed by atoms with Crippen molar-refractivity contribution in [1.82, 2.24) is 4.90 Å². The highest BCUT2D eigenvalue weighted by Gasteiger charge is 2.60. The lowest BCUT2D eigenvalue weighted by Crippen LogP contribution is -2.46. The maximum Gasteiger partial charge on any atom is 0.318 e. The zero-order chi connectivity index (χ0) is 15.7. The topological polar surface area (TPSA) is 55.8 Å². The number of carbonyl (C=O) groups excluding carboxylic acids is 2. The predicted molar refractivity (Wildman–Crippen MR) is 80.9 cm³/mol. The normalized spacial score (nSPS) is 30.6. The molecule has 0 aromatic heterocycles. The summed E-state index contributed by atoms with van der Waals surface area (Å²) in [5.74, 6) is -0.586. The fourth-order valence-electron chi connectivity index (χ4n) is 4.70. The Bertz CT molecular complexity index is 513. The van der Waals surface area contributed by atoms with Crippen LogP contribution in [0.1, 0.15) is 51.4 Å². The van der Waals surface area contributed by atoms with Crippen molar-refractivity contribution >= 4 is 11.9 Å². The Labute approximate surface area is 131 Å². The molecule has 0 spiro atoms. The van der Waals surface area contributed by atoms with E-state index in [2.05, 4.69) is 4.90 Å². The molecule has 2 aliphatic heterocycles. The maximum atomic E-state index is 12.8. The van der Waals surface area contributed by atoms with E-state index in [9.17, 15) is 9.59 Å². The van der Waals surface area contributed by atoms with E-state index in [0.717, 1.165) is 50.6 Å². The summed E-state index contributed by atoms with van der Waals surface area (Å²) in [6, 6.07) is 0.0714. The molecule has 122 valence electrons. The summed E-state index contributed by atoms with van der Waals surface area (Å²) in [6.45, 7) is 0.990. The Balaban J connectivity index is 2.09. The maximum absolute atomic E-state index is 12.8. The first-order valence-corrected chi connectivity index (χ1v) is 8.29. The smallest absolute Gasteiger partial charge is 0.318 e. The van der Waals surface area contributed by atoms with Crippen molar-refractivity contribution in [3.05, 3.63) is 11.3 Å². The lowest BCUT2D eigenvalue weighted by atomic mass is 9.70. The second-order valence-electron chi connectivity index (χ2n) is 6.55. The summed E-state index contributed by atoms with van der Waals surface area (Å²) in [5.41, 5.74) is 1.65. The van der Waals surface area contributed by atoms with E-state index in [4.69, 9.17) is 9.47 Å². The SMILES string of the molecule is COC(=O)CC1(C(=O)OC)C2=C(CCCCC2)N2CCCC21. The fraction of sp³-hybridized carbons (Fsp3) is 0.765. The van der Waals surface area contributed by atoms with Gasteiger partial charge in [0.05, 0.1) is 20.6 Å². The summed E-state index contributed by atoms with van der Waals surface area (Å²) in [4.78, 5) is 27.3. The molecule has 0 N–H and O–H groups in total. The molecule has 0 radical (unpaired) electrons. The molecule has 0 bridgehead atoms. The van der Waals surface area contributed by atoms with Gasteiger partial charge in [0.1, 0.15) is 5.41 Å². The predicted octanol–water partition coefficient (Wildman–Crippen LogP) is 2.41. The van der Waals surface area contributed by atoms with Gasteiger partial charge in [0.25, 0.3) is 0 Å². The average molecular weight is 307 g/mol. The third kappa shape index (κ3) is 2.13. The van der Waals surface area contributed by atoms with Gasteiger partial charge in [-0.05, 0) is 44.1 Å². The lowest BCUT2D eigenvalue weighted by Gasteiger charge is -2.35. The quantitative estimate of drug-likeness (QED) is 0.749. The van der Waals surface area contributed by atoms with E-state index < -0.39 is 5.41 Å². The number of rotatable bonds is 3. The van der Waals surface area contributed by atoms with Gasteiger partial charge in [-0.25, -0.2) is 0 Å². The third-order valence-corrected chi connectivity index (χ3v) is 5.60. The number of fused-ring (bicyclic) bond motifs is 2. The highest BCUT2D eigenvalue weighted by Crippen LogP contribution is 2.55. The Hall–Kier alpha value is -1.52. The molecule has 0 aromatic carbocycles. The minimum atomic E-state index is -0.821. The number of hydrogen-bond donors (Lipinski definition) is 0. The molecule has 5 nitrogen and oxygen atoms in total. The molecule has 2 unspecified atom stereocenters. The van der Waals surface area contributed by atoms with Gasteiger partial charge in [0.15, 0.2) is 0 Å². The Kier molecular flexibility index (Phi) is 4.15. The van der Waals surface area contributed by atoms with Crippen LogP contribution in [0.4, 0.5) is 0 Å². The third-order valence-electron chi connectivity index (χ3n) is 5.60. The van der Waals surface area contributed by atoms with Crippen molar-refractivity contribution in [1.29, 1.82) is 0 Å². The molecule has 1 saturated heterocycles. The first-order valence-electron chi connectivity index (χ1n) is 8.29. The zero-order valence-electron chi connectivity index (χ0n) is 13.5. The number of methoxy groups -OCH3 is 2. The van der Waals surface area contributed by atoms with Crippen LogP contribution < -0.4 is 0 Å². The van der Waals surface area contributed by atoms with E-state index in [0.29, 0.717) is 0 Å². The van der Waals surface area contributed by atoms with Gasteiger partial charge in [0.2, 0.25) is 0 Å². The van der Waals surface area contributed by atoms with Crippen molar-refractivity contribution in [3.63, 3.8) is 0 Å². The van der Waals surface area contributed by atoms with E-state index in [1.165, 1.54) is 26.3 Å². The first kappa shape index (κ1) is 15.4. The molecule has 0 saturated carbocycles. The number of esters is 2. The Morgan fingerprint density at radius 3 is 2.64 bits per heavy atom. The number of ether oxygens (including phenoxy) is 2. The van der Waals surface area contributed by atoms with Gasteiger partial charge in [-0.2, -0.15) is 0 Å². The highest BCUT2D eigenvalue weighted by molar-refractivity contribution is 5.88. The number of hydrogen-bond acceptors (Lipinski definition) is 5. The van der Waals surface area contributed by atoms with Crippen LogP contribution in [0.3, 0.4) is 0 Å².